The Balaban J connectivity index is 1.44. The largest absolute Gasteiger partial charge is 0.468 e. The molecule has 0 radical (unpaired) electrons. The quantitative estimate of drug-likeness (QED) is 0.496. The maximum Gasteiger partial charge on any atom is 0.422 e. The fourth-order valence-electron chi connectivity index (χ4n) is 3.91. The van der Waals surface area contributed by atoms with Gasteiger partial charge in [-0.25, -0.2) is 22.5 Å². The van der Waals surface area contributed by atoms with Crippen LogP contribution in [-0.4, -0.2) is 47.0 Å². The molecule has 182 valence electrons. The van der Waals surface area contributed by atoms with Crippen LogP contribution in [0.3, 0.4) is 0 Å². The normalized spacial score (nSPS) is 19.2. The van der Waals surface area contributed by atoms with E-state index in [4.69, 9.17) is 0 Å². The van der Waals surface area contributed by atoms with Crippen molar-refractivity contribution < 1.29 is 30.7 Å². The van der Waals surface area contributed by atoms with Gasteiger partial charge in [-0.05, 0) is 49.4 Å². The van der Waals surface area contributed by atoms with Gasteiger partial charge in [0.05, 0.1) is 0 Å². The molecule has 1 saturated carbocycles. The molecule has 1 aliphatic carbocycles. The Morgan fingerprint density at radius 2 is 1.82 bits per heavy atom. The standard InChI is InChI=1S/C21H21F4N5O3S/c22-18-8-14(15-5-7-20(26-10-15)33-11-21(23,24)25)4-6-19(18)34(31,32)29-16-2-1-3-17(9-16)30-12-27-28-13-30/h4-8,10,12-13,16-17,29H,1-3,9,11H2/t16-,17+/m0/s1. The minimum absolute atomic E-state index is 0.0549. The number of aromatic nitrogens is 4. The second-order valence-corrected chi connectivity index (χ2v) is 9.66. The van der Waals surface area contributed by atoms with E-state index >= 15 is 0 Å². The van der Waals surface area contributed by atoms with Gasteiger partial charge in [-0.1, -0.05) is 6.07 Å². The molecule has 4 rings (SSSR count). The molecule has 0 unspecified atom stereocenters. The minimum atomic E-state index is -4.49. The smallest absolute Gasteiger partial charge is 0.422 e. The van der Waals surface area contributed by atoms with Gasteiger partial charge in [-0.2, -0.15) is 13.2 Å². The third-order valence-corrected chi connectivity index (χ3v) is 7.06. The zero-order chi connectivity index (χ0) is 24.3. The Hall–Kier alpha value is -3.06. The summed E-state index contributed by atoms with van der Waals surface area (Å²) in [7, 11) is -4.12. The molecule has 34 heavy (non-hydrogen) atoms. The fourth-order valence-corrected chi connectivity index (χ4v) is 5.26. The van der Waals surface area contributed by atoms with Crippen molar-refractivity contribution in [3.05, 3.63) is 55.0 Å². The monoisotopic (exact) mass is 499 g/mol. The zero-order valence-corrected chi connectivity index (χ0v) is 18.6. The maximum absolute atomic E-state index is 14.8. The summed E-state index contributed by atoms with van der Waals surface area (Å²) in [6.45, 7) is -1.48. The molecule has 0 saturated heterocycles. The van der Waals surface area contributed by atoms with Crippen LogP contribution < -0.4 is 9.46 Å². The van der Waals surface area contributed by atoms with E-state index in [-0.39, 0.29) is 18.0 Å². The van der Waals surface area contributed by atoms with E-state index in [1.54, 1.807) is 12.7 Å². The van der Waals surface area contributed by atoms with Crippen LogP contribution in [0.5, 0.6) is 5.88 Å². The number of pyridine rings is 1. The van der Waals surface area contributed by atoms with Gasteiger partial charge in [0, 0.05) is 29.9 Å². The number of ether oxygens (including phenoxy) is 1. The molecular weight excluding hydrogens is 478 g/mol. The number of rotatable bonds is 7. The van der Waals surface area contributed by atoms with Gasteiger partial charge in [-0.15, -0.1) is 10.2 Å². The van der Waals surface area contributed by atoms with Crippen molar-refractivity contribution in [1.29, 1.82) is 0 Å². The highest BCUT2D eigenvalue weighted by Crippen LogP contribution is 2.30. The number of hydrogen-bond acceptors (Lipinski definition) is 6. The Bertz CT molecular complexity index is 1220. The van der Waals surface area contributed by atoms with Crippen molar-refractivity contribution in [1.82, 2.24) is 24.5 Å². The zero-order valence-electron chi connectivity index (χ0n) is 17.7. The summed E-state index contributed by atoms with van der Waals surface area (Å²) in [5.41, 5.74) is 0.705. The molecule has 13 heteroatoms. The third-order valence-electron chi connectivity index (χ3n) is 5.50. The van der Waals surface area contributed by atoms with Crippen molar-refractivity contribution in [2.24, 2.45) is 0 Å². The third kappa shape index (κ3) is 5.89. The lowest BCUT2D eigenvalue weighted by molar-refractivity contribution is -0.154. The molecule has 1 fully saturated rings. The predicted octanol–water partition coefficient (Wildman–Crippen LogP) is 3.88. The van der Waals surface area contributed by atoms with E-state index in [9.17, 15) is 26.0 Å². The average Bonchev–Trinajstić information content (AvgIpc) is 3.32. The summed E-state index contributed by atoms with van der Waals surface area (Å²) in [6, 6.07) is 5.93. The topological polar surface area (TPSA) is 99.0 Å². The Morgan fingerprint density at radius 3 is 2.47 bits per heavy atom. The summed E-state index contributed by atoms with van der Waals surface area (Å²) in [6.07, 6.45) is 2.74. The van der Waals surface area contributed by atoms with Gasteiger partial charge in [0.15, 0.2) is 6.61 Å². The number of benzene rings is 1. The van der Waals surface area contributed by atoms with E-state index in [2.05, 4.69) is 24.6 Å². The Morgan fingerprint density at radius 1 is 1.09 bits per heavy atom. The number of nitrogens with one attached hydrogen (secondary N) is 1. The highest BCUT2D eigenvalue weighted by atomic mass is 32.2. The van der Waals surface area contributed by atoms with Crippen molar-refractivity contribution in [3.63, 3.8) is 0 Å². The molecule has 1 aromatic carbocycles. The molecule has 1 aliphatic rings. The molecule has 0 spiro atoms. The van der Waals surface area contributed by atoms with Crippen LogP contribution in [-0.2, 0) is 10.0 Å². The van der Waals surface area contributed by atoms with E-state index in [1.165, 1.54) is 24.4 Å². The predicted molar refractivity (Wildman–Crippen MR) is 113 cm³/mol. The van der Waals surface area contributed by atoms with Crippen LogP contribution in [0.4, 0.5) is 17.6 Å². The highest BCUT2D eigenvalue weighted by molar-refractivity contribution is 7.89. The van der Waals surface area contributed by atoms with Gasteiger partial charge in [-0.3, -0.25) is 0 Å². The van der Waals surface area contributed by atoms with Crippen LogP contribution in [0.2, 0.25) is 0 Å². The number of alkyl halides is 3. The number of hydrogen-bond donors (Lipinski definition) is 1. The van der Waals surface area contributed by atoms with Crippen LogP contribution in [0.1, 0.15) is 31.7 Å². The van der Waals surface area contributed by atoms with Crippen molar-refractivity contribution in [2.75, 3.05) is 6.61 Å². The summed E-state index contributed by atoms with van der Waals surface area (Å²) in [5.74, 6) is -1.18. The number of sulfonamides is 1. The minimum Gasteiger partial charge on any atom is -0.468 e. The van der Waals surface area contributed by atoms with Gasteiger partial charge < -0.3 is 9.30 Å². The lowest BCUT2D eigenvalue weighted by atomic mass is 9.91. The number of nitrogens with zero attached hydrogens (tertiary/aromatic N) is 4. The van der Waals surface area contributed by atoms with Gasteiger partial charge >= 0.3 is 6.18 Å². The molecule has 1 N–H and O–H groups in total. The lowest BCUT2D eigenvalue weighted by Crippen LogP contribution is -2.39. The summed E-state index contributed by atoms with van der Waals surface area (Å²) in [4.78, 5) is 3.29. The Kier molecular flexibility index (Phi) is 6.84. The first kappa shape index (κ1) is 24.1. The van der Waals surface area contributed by atoms with Gasteiger partial charge in [0.25, 0.3) is 0 Å². The van der Waals surface area contributed by atoms with Crippen molar-refractivity contribution >= 4 is 10.0 Å². The second kappa shape index (κ2) is 9.66. The molecule has 8 nitrogen and oxygen atoms in total. The molecule has 2 aromatic heterocycles. The molecule has 0 amide bonds. The highest BCUT2D eigenvalue weighted by Gasteiger charge is 2.30. The summed E-state index contributed by atoms with van der Waals surface area (Å²) in [5, 5.41) is 7.56. The SMILES string of the molecule is O=S(=O)(N[C@H]1CCC[C@@H](n2cnnc2)C1)c1ccc(-c2ccc(OCC(F)(F)F)nc2)cc1F. The van der Waals surface area contributed by atoms with E-state index in [1.807, 2.05) is 4.57 Å². The van der Waals surface area contributed by atoms with Crippen molar-refractivity contribution in [2.45, 2.75) is 48.8 Å². The van der Waals surface area contributed by atoms with Crippen molar-refractivity contribution in [3.8, 4) is 17.0 Å². The van der Waals surface area contributed by atoms with Crippen LogP contribution in [0.25, 0.3) is 11.1 Å². The first-order valence-electron chi connectivity index (χ1n) is 10.4. The van der Waals surface area contributed by atoms with Crippen LogP contribution >= 0.6 is 0 Å². The van der Waals surface area contributed by atoms with Gasteiger partial charge in [0.2, 0.25) is 15.9 Å². The maximum atomic E-state index is 14.8. The van der Waals surface area contributed by atoms with Crippen LogP contribution in [0.15, 0.2) is 54.1 Å². The average molecular weight is 499 g/mol. The summed E-state index contributed by atoms with van der Waals surface area (Å²) < 4.78 is 86.2. The molecule has 2 atom stereocenters. The Labute approximate surface area is 193 Å². The first-order chi connectivity index (χ1) is 16.1. The van der Waals surface area contributed by atoms with E-state index in [0.29, 0.717) is 24.0 Å². The molecule has 2 heterocycles. The lowest BCUT2D eigenvalue weighted by Gasteiger charge is -2.30. The molecular formula is C21H21F4N5O3S. The van der Waals surface area contributed by atoms with Crippen LogP contribution in [0, 0.1) is 5.82 Å². The second-order valence-electron chi connectivity index (χ2n) is 7.98. The number of halogens is 4. The molecule has 3 aromatic rings. The van der Waals surface area contributed by atoms with Gasteiger partial charge in [0.1, 0.15) is 23.4 Å². The molecule has 0 aliphatic heterocycles. The molecule has 0 bridgehead atoms. The fraction of sp³-hybridized carbons (Fsp3) is 0.381. The van der Waals surface area contributed by atoms with E-state index in [0.717, 1.165) is 25.0 Å². The first-order valence-corrected chi connectivity index (χ1v) is 11.9. The summed E-state index contributed by atoms with van der Waals surface area (Å²) >= 11 is 0. The van der Waals surface area contributed by atoms with E-state index < -0.39 is 33.5 Å².